The predicted molar refractivity (Wildman–Crippen MR) is 29.5 cm³/mol. The molecule has 0 atom stereocenters. The lowest BCUT2D eigenvalue weighted by molar-refractivity contribution is 0.277. The fourth-order valence-corrected chi connectivity index (χ4v) is 0. The average molecular weight is 110 g/mol. The highest BCUT2D eigenvalue weighted by atomic mass is 16.5. The van der Waals surface area contributed by atoms with E-state index in [1.54, 1.807) is 28.4 Å². The summed E-state index contributed by atoms with van der Waals surface area (Å²) in [5.74, 6) is 0. The molecule has 0 heterocycles. The van der Waals surface area contributed by atoms with Gasteiger partial charge in [0.2, 0.25) is 0 Å². The van der Waals surface area contributed by atoms with Crippen molar-refractivity contribution in [2.24, 2.45) is 0 Å². The van der Waals surface area contributed by atoms with Gasteiger partial charge in [-0.1, -0.05) is 0 Å². The van der Waals surface area contributed by atoms with Gasteiger partial charge in [-0.15, -0.1) is 0 Å². The Kier molecular flexibility index (Phi) is 89.4. The Bertz CT molecular complexity index is 8.90. The molecule has 0 rings (SSSR count). The summed E-state index contributed by atoms with van der Waals surface area (Å²) in [4.78, 5) is 0. The van der Waals surface area contributed by atoms with Crippen LogP contribution >= 0.6 is 0 Å². The van der Waals surface area contributed by atoms with E-state index in [1.807, 2.05) is 0 Å². The normalized spacial score (nSPS) is 5.14. The molecule has 48 valence electrons. The Labute approximate surface area is 44.5 Å². The second-order valence-corrected chi connectivity index (χ2v) is 0.816. The Morgan fingerprint density at radius 3 is 0.714 bits per heavy atom. The van der Waals surface area contributed by atoms with Gasteiger partial charge in [0.25, 0.3) is 0 Å². The topological polar surface area (TPSA) is 50.0 Å². The number of rotatable bonds is 0. The molecule has 0 spiro atoms. The molecule has 0 saturated carbocycles. The van der Waals surface area contributed by atoms with Gasteiger partial charge < -0.3 is 14.9 Å². The van der Waals surface area contributed by atoms with Crippen molar-refractivity contribution in [2.45, 2.75) is 0 Å². The SMILES string of the molecule is COC.COC.O. The number of hydrogen-bond acceptors (Lipinski definition) is 2. The van der Waals surface area contributed by atoms with Gasteiger partial charge in [-0.05, 0) is 0 Å². The molecule has 7 heavy (non-hydrogen) atoms. The van der Waals surface area contributed by atoms with Crippen molar-refractivity contribution in [3.8, 4) is 0 Å². The molecule has 0 aliphatic rings. The maximum atomic E-state index is 4.25. The van der Waals surface area contributed by atoms with Crippen LogP contribution in [0.15, 0.2) is 0 Å². The summed E-state index contributed by atoms with van der Waals surface area (Å²) in [5.41, 5.74) is 0. The van der Waals surface area contributed by atoms with E-state index in [2.05, 4.69) is 9.47 Å². The van der Waals surface area contributed by atoms with E-state index in [4.69, 9.17) is 0 Å². The van der Waals surface area contributed by atoms with Gasteiger partial charge in [0.1, 0.15) is 0 Å². The van der Waals surface area contributed by atoms with E-state index in [0.29, 0.717) is 0 Å². The third-order valence-corrected chi connectivity index (χ3v) is 0. The molecule has 2 N–H and O–H groups in total. The van der Waals surface area contributed by atoms with Crippen LogP contribution in [0.4, 0.5) is 0 Å². The second-order valence-electron chi connectivity index (χ2n) is 0.816. The monoisotopic (exact) mass is 110 g/mol. The minimum absolute atomic E-state index is 0. The third-order valence-electron chi connectivity index (χ3n) is 0. The molecule has 0 aliphatic carbocycles. The van der Waals surface area contributed by atoms with Crippen LogP contribution in [0, 0.1) is 0 Å². The fourth-order valence-electron chi connectivity index (χ4n) is 0. The fraction of sp³-hybridized carbons (Fsp3) is 1.00. The van der Waals surface area contributed by atoms with E-state index in [9.17, 15) is 0 Å². The smallest absolute Gasteiger partial charge is 0.0351 e. The van der Waals surface area contributed by atoms with Crippen LogP contribution in [0.3, 0.4) is 0 Å². The van der Waals surface area contributed by atoms with E-state index in [-0.39, 0.29) is 5.48 Å². The molecular weight excluding hydrogens is 96.0 g/mol. The Morgan fingerprint density at radius 1 is 0.714 bits per heavy atom. The van der Waals surface area contributed by atoms with Crippen molar-refractivity contribution in [1.82, 2.24) is 0 Å². The maximum absolute atomic E-state index is 4.25. The summed E-state index contributed by atoms with van der Waals surface area (Å²) in [6.45, 7) is 0. The van der Waals surface area contributed by atoms with Gasteiger partial charge in [0.15, 0.2) is 0 Å². The van der Waals surface area contributed by atoms with E-state index in [1.165, 1.54) is 0 Å². The van der Waals surface area contributed by atoms with E-state index >= 15 is 0 Å². The zero-order valence-electron chi connectivity index (χ0n) is 5.32. The molecule has 0 amide bonds. The minimum Gasteiger partial charge on any atom is -0.412 e. The van der Waals surface area contributed by atoms with E-state index in [0.717, 1.165) is 0 Å². The zero-order valence-corrected chi connectivity index (χ0v) is 5.32. The predicted octanol–water partition coefficient (Wildman–Crippen LogP) is -0.299. The van der Waals surface area contributed by atoms with E-state index < -0.39 is 0 Å². The van der Waals surface area contributed by atoms with Crippen LogP contribution in [0.5, 0.6) is 0 Å². The van der Waals surface area contributed by atoms with Crippen LogP contribution in [0.25, 0.3) is 0 Å². The molecule has 0 fully saturated rings. The molecule has 0 aromatic rings. The third kappa shape index (κ3) is 6150. The average Bonchev–Trinajstić information content (AvgIpc) is 1.39. The van der Waals surface area contributed by atoms with Crippen LogP contribution in [-0.4, -0.2) is 33.9 Å². The summed E-state index contributed by atoms with van der Waals surface area (Å²) in [5, 5.41) is 0. The van der Waals surface area contributed by atoms with Crippen molar-refractivity contribution in [3.05, 3.63) is 0 Å². The molecule has 0 radical (unpaired) electrons. The standard InChI is InChI=1S/2C2H6O.H2O/c2*1-3-2;/h2*1-2H3;1H2. The lowest BCUT2D eigenvalue weighted by Crippen LogP contribution is -1.55. The van der Waals surface area contributed by atoms with Crippen molar-refractivity contribution < 1.29 is 14.9 Å². The lowest BCUT2D eigenvalue weighted by Gasteiger charge is -1.61. The first-order valence-electron chi connectivity index (χ1n) is 1.63. The van der Waals surface area contributed by atoms with Crippen molar-refractivity contribution in [3.63, 3.8) is 0 Å². The lowest BCUT2D eigenvalue weighted by atomic mass is 11.6. The van der Waals surface area contributed by atoms with Gasteiger partial charge >= 0.3 is 0 Å². The van der Waals surface area contributed by atoms with Gasteiger partial charge in [-0.3, -0.25) is 0 Å². The summed E-state index contributed by atoms with van der Waals surface area (Å²) in [6.07, 6.45) is 0. The second kappa shape index (κ2) is 39.6. The Hall–Kier alpha value is -0.120. The summed E-state index contributed by atoms with van der Waals surface area (Å²) >= 11 is 0. The quantitative estimate of drug-likeness (QED) is 0.430. The molecule has 3 nitrogen and oxygen atoms in total. The van der Waals surface area contributed by atoms with Gasteiger partial charge in [0.05, 0.1) is 0 Å². The van der Waals surface area contributed by atoms with Gasteiger partial charge in [-0.2, -0.15) is 0 Å². The molecule has 0 aromatic carbocycles. The first-order valence-corrected chi connectivity index (χ1v) is 1.63. The molecule has 0 bridgehead atoms. The van der Waals surface area contributed by atoms with Crippen LogP contribution in [0.2, 0.25) is 0 Å². The summed E-state index contributed by atoms with van der Waals surface area (Å²) in [7, 11) is 6.50. The Balaban J connectivity index is -0.0000000400. The highest BCUT2D eigenvalue weighted by molar-refractivity contribution is 3.56. The first kappa shape index (κ1) is 15.8. The van der Waals surface area contributed by atoms with Crippen LogP contribution in [0.1, 0.15) is 0 Å². The number of ether oxygens (including phenoxy) is 2. The van der Waals surface area contributed by atoms with Gasteiger partial charge in [0, 0.05) is 28.4 Å². The molecule has 0 aromatic heterocycles. The molecule has 0 unspecified atom stereocenters. The Morgan fingerprint density at radius 2 is 0.714 bits per heavy atom. The van der Waals surface area contributed by atoms with Crippen LogP contribution < -0.4 is 0 Å². The number of methoxy groups -OCH3 is 2. The van der Waals surface area contributed by atoms with Crippen molar-refractivity contribution >= 4 is 0 Å². The maximum Gasteiger partial charge on any atom is 0.0351 e. The molecular formula is C4H14O3. The summed E-state index contributed by atoms with van der Waals surface area (Å²) in [6, 6.07) is 0. The molecule has 0 aliphatic heterocycles. The first-order chi connectivity index (χ1) is 2.83. The zero-order chi connectivity index (χ0) is 5.41. The molecule has 0 saturated heterocycles. The minimum atomic E-state index is 0. The van der Waals surface area contributed by atoms with Crippen molar-refractivity contribution in [1.29, 1.82) is 0 Å². The highest BCUT2D eigenvalue weighted by Gasteiger charge is 1.26. The number of hydrogen-bond donors (Lipinski definition) is 0. The van der Waals surface area contributed by atoms with Gasteiger partial charge in [-0.25, -0.2) is 0 Å². The highest BCUT2D eigenvalue weighted by Crippen LogP contribution is 1.28. The molecule has 3 heteroatoms. The van der Waals surface area contributed by atoms with Crippen molar-refractivity contribution in [2.75, 3.05) is 28.4 Å². The van der Waals surface area contributed by atoms with Crippen LogP contribution in [-0.2, 0) is 9.47 Å². The largest absolute Gasteiger partial charge is 0.412 e. The summed E-state index contributed by atoms with van der Waals surface area (Å²) < 4.78 is 8.50.